The molecule has 0 spiro atoms. The maximum atomic E-state index is 5.09. The van der Waals surface area contributed by atoms with Gasteiger partial charge < -0.3 is 10.1 Å². The summed E-state index contributed by atoms with van der Waals surface area (Å²) in [6.45, 7) is 7.70. The lowest BCUT2D eigenvalue weighted by molar-refractivity contribution is 0.118. The fourth-order valence-corrected chi connectivity index (χ4v) is 1.32. The van der Waals surface area contributed by atoms with E-state index in [1.807, 2.05) is 17.8 Å². The minimum atomic E-state index is 0.314. The summed E-state index contributed by atoms with van der Waals surface area (Å²) in [6.07, 6.45) is 2.25. The molecule has 12 heavy (non-hydrogen) atoms. The van der Waals surface area contributed by atoms with Crippen LogP contribution in [-0.2, 0) is 4.74 Å². The number of ether oxygens (including phenoxy) is 1. The van der Waals surface area contributed by atoms with Gasteiger partial charge in [0.1, 0.15) is 0 Å². The van der Waals surface area contributed by atoms with Gasteiger partial charge in [0.05, 0.1) is 6.10 Å². The van der Waals surface area contributed by atoms with Crippen LogP contribution in [0, 0.1) is 0 Å². The van der Waals surface area contributed by atoms with Crippen molar-refractivity contribution in [2.24, 2.45) is 0 Å². The highest BCUT2D eigenvalue weighted by atomic mass is 32.2. The minimum absolute atomic E-state index is 0.314. The van der Waals surface area contributed by atoms with Crippen molar-refractivity contribution in [3.05, 3.63) is 12.7 Å². The molecule has 0 saturated carbocycles. The zero-order chi connectivity index (χ0) is 9.23. The number of methoxy groups -OCH3 is 1. The Morgan fingerprint density at radius 2 is 2.42 bits per heavy atom. The normalized spacial score (nSPS) is 12.8. The van der Waals surface area contributed by atoms with Crippen LogP contribution in [0.4, 0.5) is 0 Å². The van der Waals surface area contributed by atoms with E-state index < -0.39 is 0 Å². The SMILES string of the molecule is C=CCSCCNCC(C)OC. The van der Waals surface area contributed by atoms with Crippen LogP contribution in [0.3, 0.4) is 0 Å². The van der Waals surface area contributed by atoms with Gasteiger partial charge in [-0.2, -0.15) is 11.8 Å². The van der Waals surface area contributed by atoms with E-state index >= 15 is 0 Å². The summed E-state index contributed by atoms with van der Waals surface area (Å²) in [6, 6.07) is 0. The van der Waals surface area contributed by atoms with Crippen LogP contribution < -0.4 is 5.32 Å². The van der Waals surface area contributed by atoms with Gasteiger partial charge in [0.25, 0.3) is 0 Å². The van der Waals surface area contributed by atoms with E-state index in [4.69, 9.17) is 4.74 Å². The topological polar surface area (TPSA) is 21.3 Å². The minimum Gasteiger partial charge on any atom is -0.380 e. The first-order chi connectivity index (χ1) is 5.81. The van der Waals surface area contributed by atoms with Crippen molar-refractivity contribution in [2.45, 2.75) is 13.0 Å². The van der Waals surface area contributed by atoms with E-state index in [1.165, 1.54) is 0 Å². The lowest BCUT2D eigenvalue weighted by Crippen LogP contribution is -2.27. The fourth-order valence-electron chi connectivity index (χ4n) is 0.700. The molecule has 0 aromatic heterocycles. The second-order valence-electron chi connectivity index (χ2n) is 2.61. The smallest absolute Gasteiger partial charge is 0.0667 e. The molecule has 0 amide bonds. The molecule has 0 rings (SSSR count). The molecular weight excluding hydrogens is 170 g/mol. The molecule has 0 saturated heterocycles. The number of hydrogen-bond acceptors (Lipinski definition) is 3. The van der Waals surface area contributed by atoms with Gasteiger partial charge in [0, 0.05) is 31.7 Å². The maximum Gasteiger partial charge on any atom is 0.0667 e. The monoisotopic (exact) mass is 189 g/mol. The van der Waals surface area contributed by atoms with Gasteiger partial charge in [-0.3, -0.25) is 0 Å². The van der Waals surface area contributed by atoms with E-state index in [0.29, 0.717) is 6.10 Å². The Hall–Kier alpha value is 0.01000. The third kappa shape index (κ3) is 8.11. The zero-order valence-corrected chi connectivity index (χ0v) is 8.82. The summed E-state index contributed by atoms with van der Waals surface area (Å²) in [5.74, 6) is 2.18. The summed E-state index contributed by atoms with van der Waals surface area (Å²) in [4.78, 5) is 0. The van der Waals surface area contributed by atoms with E-state index in [9.17, 15) is 0 Å². The van der Waals surface area contributed by atoms with Crippen molar-refractivity contribution >= 4 is 11.8 Å². The van der Waals surface area contributed by atoms with Crippen molar-refractivity contribution in [2.75, 3.05) is 31.7 Å². The largest absolute Gasteiger partial charge is 0.380 e. The Labute approximate surface area is 79.8 Å². The van der Waals surface area contributed by atoms with E-state index in [2.05, 4.69) is 18.8 Å². The summed E-state index contributed by atoms with van der Waals surface area (Å²) in [5, 5.41) is 3.31. The third-order valence-corrected chi connectivity index (χ3v) is 2.46. The first-order valence-electron chi connectivity index (χ1n) is 4.23. The van der Waals surface area contributed by atoms with Crippen LogP contribution in [0.25, 0.3) is 0 Å². The molecular formula is C9H19NOS. The van der Waals surface area contributed by atoms with Crippen molar-refractivity contribution in [3.8, 4) is 0 Å². The lowest BCUT2D eigenvalue weighted by atomic mass is 10.4. The van der Waals surface area contributed by atoms with Crippen molar-refractivity contribution in [3.63, 3.8) is 0 Å². The molecule has 1 unspecified atom stereocenters. The second kappa shape index (κ2) is 9.10. The molecule has 0 radical (unpaired) electrons. The van der Waals surface area contributed by atoms with Gasteiger partial charge in [0.15, 0.2) is 0 Å². The molecule has 0 aromatic rings. The van der Waals surface area contributed by atoms with E-state index in [0.717, 1.165) is 24.6 Å². The molecule has 0 aliphatic carbocycles. The van der Waals surface area contributed by atoms with E-state index in [-0.39, 0.29) is 0 Å². The average Bonchev–Trinajstić information content (AvgIpc) is 2.10. The average molecular weight is 189 g/mol. The molecule has 3 heteroatoms. The molecule has 72 valence electrons. The van der Waals surface area contributed by atoms with E-state index in [1.54, 1.807) is 7.11 Å². The Morgan fingerprint density at radius 1 is 1.67 bits per heavy atom. The number of thioether (sulfide) groups is 1. The van der Waals surface area contributed by atoms with Gasteiger partial charge in [-0.15, -0.1) is 6.58 Å². The van der Waals surface area contributed by atoms with Gasteiger partial charge in [-0.25, -0.2) is 0 Å². The summed E-state index contributed by atoms with van der Waals surface area (Å²) in [7, 11) is 1.73. The number of nitrogens with one attached hydrogen (secondary N) is 1. The highest BCUT2D eigenvalue weighted by molar-refractivity contribution is 7.99. The first kappa shape index (κ1) is 12.0. The van der Waals surface area contributed by atoms with Gasteiger partial charge in [-0.05, 0) is 6.92 Å². The van der Waals surface area contributed by atoms with Crippen molar-refractivity contribution in [1.29, 1.82) is 0 Å². The lowest BCUT2D eigenvalue weighted by Gasteiger charge is -2.09. The van der Waals surface area contributed by atoms with Crippen LogP contribution in [0.1, 0.15) is 6.92 Å². The standard InChI is InChI=1S/C9H19NOS/c1-4-6-12-7-5-10-8-9(2)11-3/h4,9-10H,1,5-8H2,2-3H3. The second-order valence-corrected chi connectivity index (χ2v) is 3.76. The Morgan fingerprint density at radius 3 is 3.00 bits per heavy atom. The fraction of sp³-hybridized carbons (Fsp3) is 0.778. The molecule has 1 atom stereocenters. The molecule has 0 aliphatic heterocycles. The molecule has 0 aliphatic rings. The number of rotatable bonds is 8. The maximum absolute atomic E-state index is 5.09. The van der Waals surface area contributed by atoms with Crippen LogP contribution in [0.15, 0.2) is 12.7 Å². The highest BCUT2D eigenvalue weighted by Crippen LogP contribution is 1.96. The third-order valence-electron chi connectivity index (χ3n) is 1.49. The van der Waals surface area contributed by atoms with Gasteiger partial charge >= 0.3 is 0 Å². The molecule has 0 aromatic carbocycles. The molecule has 2 nitrogen and oxygen atoms in total. The summed E-state index contributed by atoms with van der Waals surface area (Å²) < 4.78 is 5.09. The predicted octanol–water partition coefficient (Wildman–Crippen LogP) is 1.53. The Bertz CT molecular complexity index is 109. The van der Waals surface area contributed by atoms with Gasteiger partial charge in [0.2, 0.25) is 0 Å². The van der Waals surface area contributed by atoms with Crippen molar-refractivity contribution in [1.82, 2.24) is 5.32 Å². The number of hydrogen-bond donors (Lipinski definition) is 1. The quantitative estimate of drug-likeness (QED) is 0.462. The van der Waals surface area contributed by atoms with Gasteiger partial charge in [-0.1, -0.05) is 6.08 Å². The Kier molecular flexibility index (Phi) is 9.11. The van der Waals surface area contributed by atoms with Crippen LogP contribution in [0.2, 0.25) is 0 Å². The van der Waals surface area contributed by atoms with Crippen LogP contribution >= 0.6 is 11.8 Å². The summed E-state index contributed by atoms with van der Waals surface area (Å²) >= 11 is 1.89. The molecule has 1 N–H and O–H groups in total. The summed E-state index contributed by atoms with van der Waals surface area (Å²) in [5.41, 5.74) is 0. The van der Waals surface area contributed by atoms with Crippen LogP contribution in [-0.4, -0.2) is 37.8 Å². The molecule has 0 bridgehead atoms. The zero-order valence-electron chi connectivity index (χ0n) is 8.01. The molecule has 0 heterocycles. The molecule has 0 fully saturated rings. The van der Waals surface area contributed by atoms with Crippen LogP contribution in [0.5, 0.6) is 0 Å². The Balaban J connectivity index is 2.95. The van der Waals surface area contributed by atoms with Crippen molar-refractivity contribution < 1.29 is 4.74 Å². The predicted molar refractivity (Wildman–Crippen MR) is 56.9 cm³/mol. The first-order valence-corrected chi connectivity index (χ1v) is 5.39. The highest BCUT2D eigenvalue weighted by Gasteiger charge is 1.96.